The second kappa shape index (κ2) is 20.5. The first-order valence-corrected chi connectivity index (χ1v) is 17.8. The number of aryl methyl sites for hydroxylation is 3. The van der Waals surface area contributed by atoms with Gasteiger partial charge in [0.1, 0.15) is 5.82 Å². The van der Waals surface area contributed by atoms with Crippen LogP contribution >= 0.6 is 0 Å². The van der Waals surface area contributed by atoms with Crippen molar-refractivity contribution in [2.24, 2.45) is 0 Å². The monoisotopic (exact) mass is 651 g/mol. The quantitative estimate of drug-likeness (QED) is 0.166. The number of benzene rings is 2. The third kappa shape index (κ3) is 11.1. The Morgan fingerprint density at radius 2 is 1.57 bits per heavy atom. The molecule has 0 bridgehead atoms. The molecule has 0 amide bonds. The highest BCUT2D eigenvalue weighted by atomic mass is 15.1. The van der Waals surface area contributed by atoms with Crippen molar-refractivity contribution in [3.8, 4) is 11.3 Å². The molecule has 49 heavy (non-hydrogen) atoms. The standard InChI is InChI=1S/C28H29N3.C12H14.C3H8.C3H6/c1-20-17-24(18-26(30-20)22-9-4-3-5-10-22)21-12-8-13-25(16-15-21)31-27-14-7-6-11-23(27)19-28(31)29-2;1-4-11(5-2)12-8-6-7-10(3)9-12;2*1-3-2/h3-5,9-10,12-13,15-19,29H,6-8,11,14H2,1-2H3;4-9H,1H2,2-3H3;3H2,1-2H3;3H,1H2,2H3/b;11-5+;;. The molecule has 2 aliphatic carbocycles. The summed E-state index contributed by atoms with van der Waals surface area (Å²) in [5.41, 5.74) is 13.6. The maximum atomic E-state index is 4.77. The molecular weight excluding hydrogens is 595 g/mol. The average Bonchev–Trinajstić information content (AvgIpc) is 3.31. The van der Waals surface area contributed by atoms with Gasteiger partial charge in [0.15, 0.2) is 0 Å². The number of rotatable bonds is 6. The first-order valence-electron chi connectivity index (χ1n) is 17.8. The minimum absolute atomic E-state index is 0.913. The summed E-state index contributed by atoms with van der Waals surface area (Å²) in [5, 5.41) is 3.41. The molecule has 0 saturated heterocycles. The lowest BCUT2D eigenvalue weighted by Crippen LogP contribution is -2.09. The van der Waals surface area contributed by atoms with Gasteiger partial charge in [-0.3, -0.25) is 4.98 Å². The van der Waals surface area contributed by atoms with Crippen LogP contribution in [0.2, 0.25) is 0 Å². The van der Waals surface area contributed by atoms with Crippen LogP contribution in [0.1, 0.15) is 87.0 Å². The maximum absolute atomic E-state index is 4.77. The number of nitrogens with one attached hydrogen (secondary N) is 1. The SMILES string of the molecule is C=C/C(=C\C)c1cccc(C)c1.C=CC.CCC.CNc1cc2c(n1C1=CCC=C(c3cc(C)nc(-c4ccccc4)c3)C=C1)CCCC2. The van der Waals surface area contributed by atoms with Crippen molar-refractivity contribution in [2.45, 2.75) is 80.1 Å². The van der Waals surface area contributed by atoms with E-state index in [-0.39, 0.29) is 0 Å². The van der Waals surface area contributed by atoms with Gasteiger partial charge in [-0.1, -0.05) is 123 Å². The van der Waals surface area contributed by atoms with E-state index in [1.54, 1.807) is 6.08 Å². The molecule has 0 aliphatic heterocycles. The van der Waals surface area contributed by atoms with Crippen molar-refractivity contribution in [3.05, 3.63) is 162 Å². The second-order valence-electron chi connectivity index (χ2n) is 12.3. The minimum Gasteiger partial charge on any atom is -0.374 e. The molecular formula is C46H57N3. The van der Waals surface area contributed by atoms with Crippen LogP contribution < -0.4 is 5.32 Å². The molecule has 2 aliphatic rings. The summed E-state index contributed by atoms with van der Waals surface area (Å²) < 4.78 is 2.43. The molecule has 3 heteroatoms. The minimum atomic E-state index is 0.913. The first-order chi connectivity index (χ1) is 23.8. The molecule has 2 aromatic carbocycles. The normalized spacial score (nSPS) is 13.3. The van der Waals surface area contributed by atoms with Gasteiger partial charge in [-0.15, -0.1) is 6.58 Å². The number of hydrogen-bond acceptors (Lipinski definition) is 2. The van der Waals surface area contributed by atoms with E-state index in [1.807, 2.05) is 33.0 Å². The first kappa shape index (κ1) is 38.6. The van der Waals surface area contributed by atoms with Crippen molar-refractivity contribution >= 4 is 22.7 Å². The summed E-state index contributed by atoms with van der Waals surface area (Å²) in [4.78, 5) is 4.77. The van der Waals surface area contributed by atoms with Gasteiger partial charge < -0.3 is 9.88 Å². The summed E-state index contributed by atoms with van der Waals surface area (Å²) in [7, 11) is 2.02. The van der Waals surface area contributed by atoms with Crippen LogP contribution in [-0.4, -0.2) is 16.6 Å². The van der Waals surface area contributed by atoms with Crippen LogP contribution in [0.15, 0.2) is 128 Å². The molecule has 0 saturated carbocycles. The predicted molar refractivity (Wildman–Crippen MR) is 218 cm³/mol. The van der Waals surface area contributed by atoms with Crippen molar-refractivity contribution < 1.29 is 0 Å². The Kier molecular flexibility index (Phi) is 16.1. The lowest BCUT2D eigenvalue weighted by molar-refractivity contribution is 0.666. The van der Waals surface area contributed by atoms with Gasteiger partial charge in [-0.05, 0) is 112 Å². The number of anilines is 1. The fourth-order valence-corrected chi connectivity index (χ4v) is 5.99. The number of nitrogens with zero attached hydrogens (tertiary/aromatic N) is 2. The van der Waals surface area contributed by atoms with Gasteiger partial charge in [0.2, 0.25) is 0 Å². The number of hydrogen-bond donors (Lipinski definition) is 1. The second-order valence-corrected chi connectivity index (χ2v) is 12.3. The number of pyridine rings is 1. The van der Waals surface area contributed by atoms with E-state index in [2.05, 4.69) is 148 Å². The van der Waals surface area contributed by atoms with Crippen molar-refractivity contribution in [3.63, 3.8) is 0 Å². The van der Waals surface area contributed by atoms with E-state index in [0.29, 0.717) is 0 Å². The highest BCUT2D eigenvalue weighted by Crippen LogP contribution is 2.33. The van der Waals surface area contributed by atoms with Crippen LogP contribution in [0, 0.1) is 13.8 Å². The molecule has 2 aromatic heterocycles. The molecule has 0 radical (unpaired) electrons. The van der Waals surface area contributed by atoms with Crippen LogP contribution in [-0.2, 0) is 12.8 Å². The van der Waals surface area contributed by atoms with Gasteiger partial charge in [-0.25, -0.2) is 0 Å². The van der Waals surface area contributed by atoms with Crippen LogP contribution in [0.5, 0.6) is 0 Å². The predicted octanol–water partition coefficient (Wildman–Crippen LogP) is 12.9. The zero-order valence-corrected chi connectivity index (χ0v) is 31.0. The van der Waals surface area contributed by atoms with E-state index < -0.39 is 0 Å². The Morgan fingerprint density at radius 3 is 2.22 bits per heavy atom. The third-order valence-corrected chi connectivity index (χ3v) is 8.15. The Hall–Kier alpha value is -4.89. The van der Waals surface area contributed by atoms with Gasteiger partial charge in [-0.2, -0.15) is 0 Å². The van der Waals surface area contributed by atoms with Gasteiger partial charge >= 0.3 is 0 Å². The van der Waals surface area contributed by atoms with E-state index >= 15 is 0 Å². The zero-order valence-electron chi connectivity index (χ0n) is 31.0. The summed E-state index contributed by atoms with van der Waals surface area (Å²) >= 11 is 0. The number of fused-ring (bicyclic) bond motifs is 1. The van der Waals surface area contributed by atoms with E-state index in [1.165, 1.54) is 76.3 Å². The van der Waals surface area contributed by atoms with Crippen molar-refractivity contribution in [1.82, 2.24) is 9.55 Å². The molecule has 0 spiro atoms. The molecule has 256 valence electrons. The van der Waals surface area contributed by atoms with E-state index in [0.717, 1.165) is 29.8 Å². The summed E-state index contributed by atoms with van der Waals surface area (Å²) in [6.45, 7) is 19.5. The number of aromatic nitrogens is 2. The Bertz CT molecular complexity index is 1780. The maximum Gasteiger partial charge on any atom is 0.110 e. The highest BCUT2D eigenvalue weighted by molar-refractivity contribution is 5.81. The lowest BCUT2D eigenvalue weighted by Gasteiger charge is -2.17. The molecule has 6 rings (SSSR count). The molecule has 0 unspecified atom stereocenters. The Morgan fingerprint density at radius 1 is 0.857 bits per heavy atom. The summed E-state index contributed by atoms with van der Waals surface area (Å²) in [5.74, 6) is 1.19. The average molecular weight is 652 g/mol. The van der Waals surface area contributed by atoms with Crippen molar-refractivity contribution in [1.29, 1.82) is 0 Å². The molecule has 2 heterocycles. The van der Waals surface area contributed by atoms with Gasteiger partial charge in [0.25, 0.3) is 0 Å². The van der Waals surface area contributed by atoms with Crippen LogP contribution in [0.3, 0.4) is 0 Å². The third-order valence-electron chi connectivity index (χ3n) is 8.15. The Labute approximate surface area is 297 Å². The van der Waals surface area contributed by atoms with Crippen molar-refractivity contribution in [2.75, 3.05) is 12.4 Å². The van der Waals surface area contributed by atoms with Crippen LogP contribution in [0.25, 0.3) is 28.1 Å². The van der Waals surface area contributed by atoms with E-state index in [9.17, 15) is 0 Å². The lowest BCUT2D eigenvalue weighted by atomic mass is 9.98. The largest absolute Gasteiger partial charge is 0.374 e. The van der Waals surface area contributed by atoms with Gasteiger partial charge in [0, 0.05) is 29.7 Å². The summed E-state index contributed by atoms with van der Waals surface area (Å²) in [6, 6.07) is 25.6. The molecule has 1 N–H and O–H groups in total. The fraction of sp³-hybridized carbons (Fsp3) is 0.283. The smallest absolute Gasteiger partial charge is 0.110 e. The number of allylic oxidation sites excluding steroid dienone is 10. The van der Waals surface area contributed by atoms with Crippen LogP contribution in [0.4, 0.5) is 5.82 Å². The highest BCUT2D eigenvalue weighted by Gasteiger charge is 2.19. The van der Waals surface area contributed by atoms with E-state index in [4.69, 9.17) is 4.98 Å². The molecule has 0 fully saturated rings. The zero-order chi connectivity index (χ0) is 35.6. The molecule has 3 nitrogen and oxygen atoms in total. The Balaban J connectivity index is 0.000000300. The molecule has 0 atom stereocenters. The van der Waals surface area contributed by atoms with Gasteiger partial charge in [0.05, 0.1) is 5.69 Å². The molecule has 4 aromatic rings. The fourth-order valence-electron chi connectivity index (χ4n) is 5.99. The summed E-state index contributed by atoms with van der Waals surface area (Å²) in [6.07, 6.45) is 22.0. The topological polar surface area (TPSA) is 29.9 Å².